The van der Waals surface area contributed by atoms with E-state index in [2.05, 4.69) is 206 Å². The predicted octanol–water partition coefficient (Wildman–Crippen LogP) is 19.3. The van der Waals surface area contributed by atoms with Gasteiger partial charge in [-0.3, -0.25) is 9.37 Å². The maximum atomic E-state index is 12.8. The van der Waals surface area contributed by atoms with E-state index >= 15 is 0 Å². The number of hydrogen-bond donors (Lipinski definition) is 0. The summed E-state index contributed by atoms with van der Waals surface area (Å²) in [7, 11) is -1.30. The van der Waals surface area contributed by atoms with E-state index in [4.69, 9.17) is 13.8 Å². The van der Waals surface area contributed by atoms with Crippen LogP contribution in [0.2, 0.25) is 19.6 Å². The number of furan rings is 2. The van der Waals surface area contributed by atoms with E-state index in [0.29, 0.717) is 11.8 Å². The molecule has 77 heavy (non-hydrogen) atoms. The molecule has 0 bridgehead atoms. The van der Waals surface area contributed by atoms with E-state index in [1.54, 1.807) is 6.07 Å². The van der Waals surface area contributed by atoms with Gasteiger partial charge in [0.25, 0.3) is 0 Å². The molecule has 0 aliphatic heterocycles. The molecule has 8 heteroatoms. The summed E-state index contributed by atoms with van der Waals surface area (Å²) in [6.07, 6.45) is 1.93. The van der Waals surface area contributed by atoms with Crippen LogP contribution in [0, 0.1) is 17.9 Å². The van der Waals surface area contributed by atoms with Crippen molar-refractivity contribution in [2.24, 2.45) is 0 Å². The summed E-state index contributed by atoms with van der Waals surface area (Å²) in [5.74, 6) is 1.96. The average molecular weight is 1210 g/mol. The fourth-order valence-electron chi connectivity index (χ4n) is 10.5. The molecule has 0 atom stereocenters. The first-order chi connectivity index (χ1) is 36.5. The Morgan fingerprint density at radius 3 is 1.75 bits per heavy atom. The van der Waals surface area contributed by atoms with E-state index in [1.807, 2.05) is 36.5 Å². The SMILES string of the molecule is CC(C)c1cc(-c2ccc(-c3cc(C(C)C)c(-n4c(-c5[c-]ccc6c5oc5cc7c(cc56)oc5ccccc57)nc5ccccc54)c(C(C)C)c3)cc2)cc(C(C)C)c1.C[Si](C)(C)c1ccc(-c2[c-]cc(F)cc2)nc1.[Ir]. The molecule has 12 rings (SSSR count). The molecule has 0 N–H and O–H groups in total. The summed E-state index contributed by atoms with van der Waals surface area (Å²) in [6.45, 7) is 25.2. The van der Waals surface area contributed by atoms with Crippen LogP contribution in [0.3, 0.4) is 0 Å². The number of benzene rings is 8. The Kier molecular flexibility index (Phi) is 14.7. The maximum absolute atomic E-state index is 12.8. The molecule has 0 saturated carbocycles. The number of nitrogens with zero attached hydrogens (tertiary/aromatic N) is 3. The Morgan fingerprint density at radius 1 is 0.545 bits per heavy atom. The zero-order valence-electron chi connectivity index (χ0n) is 45.8. The number of hydrogen-bond acceptors (Lipinski definition) is 4. The Balaban J connectivity index is 0.000000319. The van der Waals surface area contributed by atoms with Gasteiger partial charge in [0.1, 0.15) is 16.7 Å². The summed E-state index contributed by atoms with van der Waals surface area (Å²) in [6, 6.07) is 61.1. The van der Waals surface area contributed by atoms with Crippen molar-refractivity contribution in [1.29, 1.82) is 0 Å². The van der Waals surface area contributed by atoms with Crippen molar-refractivity contribution in [3.63, 3.8) is 0 Å². The first kappa shape index (κ1) is 53.2. The smallest absolute Gasteiger partial charge is 0.136 e. The largest absolute Gasteiger partial charge is 0.501 e. The molecular weight excluding hydrogens is 1140 g/mol. The fraction of sp³-hybridized carbons (Fsp3) is 0.217. The van der Waals surface area contributed by atoms with Crippen molar-refractivity contribution in [2.45, 2.75) is 98.7 Å². The first-order valence-corrected chi connectivity index (χ1v) is 30.2. The Bertz CT molecular complexity index is 4050. The molecule has 4 aromatic heterocycles. The van der Waals surface area contributed by atoms with E-state index < -0.39 is 8.07 Å². The molecule has 12 aromatic rings. The molecule has 0 amide bonds. The van der Waals surface area contributed by atoms with Gasteiger partial charge in [-0.2, -0.15) is 0 Å². The standard InChI is InChI=1S/C55H49N2O2.C14H15FNSi.Ir/c1-31(2)37-24-38(32(3)4)26-39(25-37)35-20-22-36(23-21-35)40-27-44(33(5)6)53(45(28-40)34(7)8)57-49-18-11-10-17-48(49)56-55(57)43-16-13-15-42-47-30-51-46(29-52(47)59-54(42)43)41-14-9-12-19-50(41)58-51;1-17(2,3)13-8-9-14(16-10-13)11-4-6-12(15)7-5-11;/h9-15,17-34H,1-8H3;4,6-10H,1-3H3;/q2*-1;. The average Bonchev–Trinajstić information content (AvgIpc) is 4.16. The first-order valence-electron chi connectivity index (χ1n) is 26.7. The topological polar surface area (TPSA) is 57.0 Å². The molecular formula is C69H64FIrN3O2Si-2. The van der Waals surface area contributed by atoms with Gasteiger partial charge < -0.3 is 18.4 Å². The van der Waals surface area contributed by atoms with Gasteiger partial charge >= 0.3 is 0 Å². The molecule has 0 aliphatic rings. The maximum Gasteiger partial charge on any atom is 0.136 e. The minimum atomic E-state index is -1.30. The van der Waals surface area contributed by atoms with Crippen LogP contribution < -0.4 is 5.19 Å². The second kappa shape index (κ2) is 21.3. The third-order valence-corrected chi connectivity index (χ3v) is 16.9. The van der Waals surface area contributed by atoms with Gasteiger partial charge in [-0.1, -0.05) is 171 Å². The molecule has 4 heterocycles. The summed E-state index contributed by atoms with van der Waals surface area (Å²) in [5, 5.41) is 5.47. The monoisotopic (exact) mass is 1210 g/mol. The summed E-state index contributed by atoms with van der Waals surface area (Å²) >= 11 is 0. The van der Waals surface area contributed by atoms with Crippen LogP contribution in [0.4, 0.5) is 4.39 Å². The quantitative estimate of drug-likeness (QED) is 0.101. The second-order valence-corrected chi connectivity index (χ2v) is 27.7. The van der Waals surface area contributed by atoms with Crippen LogP contribution in [0.25, 0.3) is 105 Å². The number of halogens is 1. The number of imidazole rings is 1. The van der Waals surface area contributed by atoms with Gasteiger partial charge in [-0.25, -0.2) is 0 Å². The number of aromatic nitrogens is 3. The molecule has 0 unspecified atom stereocenters. The number of fused-ring (bicyclic) bond motifs is 7. The van der Waals surface area contributed by atoms with Crippen molar-refractivity contribution in [2.75, 3.05) is 0 Å². The van der Waals surface area contributed by atoms with Crippen molar-refractivity contribution in [3.05, 3.63) is 204 Å². The minimum Gasteiger partial charge on any atom is -0.501 e. The van der Waals surface area contributed by atoms with E-state index in [0.717, 1.165) is 77.6 Å². The van der Waals surface area contributed by atoms with Crippen molar-refractivity contribution in [1.82, 2.24) is 14.5 Å². The molecule has 0 fully saturated rings. The van der Waals surface area contributed by atoms with Crippen LogP contribution in [0.5, 0.6) is 0 Å². The molecule has 0 spiro atoms. The van der Waals surface area contributed by atoms with Gasteiger partial charge in [0.2, 0.25) is 0 Å². The number of pyridine rings is 1. The van der Waals surface area contributed by atoms with Gasteiger partial charge in [0.15, 0.2) is 0 Å². The summed E-state index contributed by atoms with van der Waals surface area (Å²) in [5.41, 5.74) is 19.3. The van der Waals surface area contributed by atoms with Crippen molar-refractivity contribution >= 4 is 68.2 Å². The molecule has 0 saturated heterocycles. The van der Waals surface area contributed by atoms with Crippen molar-refractivity contribution < 1.29 is 33.3 Å². The molecule has 8 aromatic carbocycles. The Hall–Kier alpha value is -7.22. The zero-order chi connectivity index (χ0) is 53.2. The van der Waals surface area contributed by atoms with Crippen LogP contribution in [0.1, 0.15) is 101 Å². The van der Waals surface area contributed by atoms with Gasteiger partial charge in [-0.05, 0) is 122 Å². The van der Waals surface area contributed by atoms with Crippen LogP contribution in [-0.4, -0.2) is 22.6 Å². The van der Waals surface area contributed by atoms with E-state index in [-0.39, 0.29) is 37.8 Å². The third-order valence-electron chi connectivity index (χ3n) is 14.9. The summed E-state index contributed by atoms with van der Waals surface area (Å²) < 4.78 is 28.3. The summed E-state index contributed by atoms with van der Waals surface area (Å²) in [4.78, 5) is 9.80. The number of rotatable bonds is 10. The molecule has 5 nitrogen and oxygen atoms in total. The van der Waals surface area contributed by atoms with Gasteiger partial charge in [-0.15, -0.1) is 48.0 Å². The minimum absolute atomic E-state index is 0. The van der Waals surface area contributed by atoms with Crippen LogP contribution in [0.15, 0.2) is 173 Å². The van der Waals surface area contributed by atoms with Crippen molar-refractivity contribution in [3.8, 4) is 50.6 Å². The molecule has 1 radical (unpaired) electrons. The van der Waals surface area contributed by atoms with Crippen LogP contribution in [-0.2, 0) is 20.1 Å². The third kappa shape index (κ3) is 10.3. The normalized spacial score (nSPS) is 12.0. The van der Waals surface area contributed by atoms with Crippen LogP contribution >= 0.6 is 0 Å². The van der Waals surface area contributed by atoms with E-state index in [9.17, 15) is 4.39 Å². The Morgan fingerprint density at radius 2 is 1.16 bits per heavy atom. The van der Waals surface area contributed by atoms with E-state index in [1.165, 1.54) is 67.5 Å². The number of para-hydroxylation sites is 3. The molecule has 0 aliphatic carbocycles. The zero-order valence-corrected chi connectivity index (χ0v) is 49.2. The fourth-order valence-corrected chi connectivity index (χ4v) is 11.5. The van der Waals surface area contributed by atoms with Gasteiger partial charge in [0, 0.05) is 54.0 Å². The van der Waals surface area contributed by atoms with Gasteiger partial charge in [0.05, 0.1) is 30.5 Å². The predicted molar refractivity (Wildman–Crippen MR) is 319 cm³/mol. The Labute approximate surface area is 466 Å². The molecule has 389 valence electrons. The second-order valence-electron chi connectivity index (χ2n) is 22.6.